The Hall–Kier alpha value is -3.67. The lowest BCUT2D eigenvalue weighted by Crippen LogP contribution is -2.44. The van der Waals surface area contributed by atoms with Gasteiger partial charge in [-0.05, 0) is 59.7 Å². The van der Waals surface area contributed by atoms with Crippen LogP contribution in [-0.4, -0.2) is 29.3 Å². The first-order valence-electron chi connectivity index (χ1n) is 11.0. The number of hydrogen-bond acceptors (Lipinski definition) is 3. The molecule has 0 radical (unpaired) electrons. The summed E-state index contributed by atoms with van der Waals surface area (Å²) >= 11 is 0. The second-order valence-corrected chi connectivity index (χ2v) is 8.72. The average Bonchev–Trinajstić information content (AvgIpc) is 3.03. The van der Waals surface area contributed by atoms with Crippen LogP contribution in [0, 0.1) is 0 Å². The Balaban J connectivity index is 1.33. The van der Waals surface area contributed by atoms with Crippen LogP contribution in [-0.2, 0) is 21.5 Å². The fourth-order valence-electron chi connectivity index (χ4n) is 4.82. The number of fused-ring (bicyclic) bond motifs is 2. The molecule has 1 aliphatic carbocycles. The molecule has 32 heavy (non-hydrogen) atoms. The summed E-state index contributed by atoms with van der Waals surface area (Å²) in [5.74, 6) is -0.755. The molecule has 4 amide bonds. The number of hydrogen-bond donors (Lipinski definition) is 2. The fourth-order valence-corrected chi connectivity index (χ4v) is 4.82. The van der Waals surface area contributed by atoms with E-state index < -0.39 is 17.5 Å². The predicted molar refractivity (Wildman–Crippen MR) is 122 cm³/mol. The zero-order valence-electron chi connectivity index (χ0n) is 17.9. The molecule has 1 aliphatic heterocycles. The van der Waals surface area contributed by atoms with Crippen molar-refractivity contribution in [2.24, 2.45) is 0 Å². The molecule has 3 aromatic carbocycles. The molecule has 162 valence electrons. The standard InChI is InChI=1S/C26H25N3O3/c1-26(20-14-13-17-7-2-3-9-19(17)15-20)24(31)29(25(32)28-26)16-23(30)27-22-12-6-10-18-8-4-5-11-21(18)22/h2-5,7-9,11,13-15,22H,6,10,12,16H2,1H3,(H,27,30)(H,28,32)/t22-,26+/m0/s1. The highest BCUT2D eigenvalue weighted by Gasteiger charge is 2.49. The van der Waals surface area contributed by atoms with Gasteiger partial charge < -0.3 is 10.6 Å². The van der Waals surface area contributed by atoms with Crippen LogP contribution in [0.25, 0.3) is 10.8 Å². The van der Waals surface area contributed by atoms with Gasteiger partial charge in [-0.15, -0.1) is 0 Å². The zero-order chi connectivity index (χ0) is 22.3. The number of urea groups is 1. The minimum atomic E-state index is -1.21. The Labute approximate surface area is 186 Å². The fraction of sp³-hybridized carbons (Fsp3) is 0.269. The lowest BCUT2D eigenvalue weighted by atomic mass is 9.88. The molecule has 2 N–H and O–H groups in total. The second kappa shape index (κ2) is 7.79. The Bertz CT molecular complexity index is 1240. The molecule has 1 fully saturated rings. The third-order valence-electron chi connectivity index (χ3n) is 6.61. The first-order chi connectivity index (χ1) is 15.5. The number of aryl methyl sites for hydroxylation is 1. The highest BCUT2D eigenvalue weighted by Crippen LogP contribution is 2.32. The molecule has 0 bridgehead atoms. The number of imide groups is 1. The van der Waals surface area contributed by atoms with Gasteiger partial charge in [0.15, 0.2) is 0 Å². The van der Waals surface area contributed by atoms with Crippen LogP contribution in [0.1, 0.15) is 42.5 Å². The largest absolute Gasteiger partial charge is 0.348 e. The quantitative estimate of drug-likeness (QED) is 0.622. The summed E-state index contributed by atoms with van der Waals surface area (Å²) in [6.45, 7) is 1.39. The normalized spacial score (nSPS) is 22.5. The monoisotopic (exact) mass is 427 g/mol. The molecule has 6 nitrogen and oxygen atoms in total. The third kappa shape index (κ3) is 3.42. The van der Waals surface area contributed by atoms with Gasteiger partial charge in [-0.3, -0.25) is 14.5 Å². The third-order valence-corrected chi connectivity index (χ3v) is 6.61. The summed E-state index contributed by atoms with van der Waals surface area (Å²) in [4.78, 5) is 39.8. The van der Waals surface area contributed by atoms with E-state index in [0.29, 0.717) is 5.56 Å². The van der Waals surface area contributed by atoms with Crippen molar-refractivity contribution in [3.63, 3.8) is 0 Å². The number of nitrogens with one attached hydrogen (secondary N) is 2. The number of rotatable bonds is 4. The second-order valence-electron chi connectivity index (χ2n) is 8.72. The molecule has 0 spiro atoms. The van der Waals surface area contributed by atoms with Crippen molar-refractivity contribution in [3.8, 4) is 0 Å². The molecule has 3 aromatic rings. The van der Waals surface area contributed by atoms with E-state index in [9.17, 15) is 14.4 Å². The SMILES string of the molecule is C[C@]1(c2ccc3ccccc3c2)NC(=O)N(CC(=O)N[C@H]2CCCc3ccccc32)C1=O. The molecular weight excluding hydrogens is 402 g/mol. The Morgan fingerprint density at radius 2 is 1.81 bits per heavy atom. The number of carbonyl (C=O) groups is 3. The average molecular weight is 428 g/mol. The van der Waals surface area contributed by atoms with Gasteiger partial charge in [0.2, 0.25) is 5.91 Å². The molecule has 0 unspecified atom stereocenters. The number of carbonyl (C=O) groups excluding carboxylic acids is 3. The van der Waals surface area contributed by atoms with Gasteiger partial charge in [0.25, 0.3) is 5.91 Å². The van der Waals surface area contributed by atoms with E-state index in [1.807, 2.05) is 60.7 Å². The maximum Gasteiger partial charge on any atom is 0.325 e. The molecule has 0 saturated carbocycles. The van der Waals surface area contributed by atoms with Gasteiger partial charge >= 0.3 is 6.03 Å². The van der Waals surface area contributed by atoms with Crippen LogP contribution in [0.15, 0.2) is 66.7 Å². The summed E-state index contributed by atoms with van der Waals surface area (Å²) in [5.41, 5.74) is 1.84. The smallest absolute Gasteiger partial charge is 0.325 e. The summed E-state index contributed by atoms with van der Waals surface area (Å²) in [6.07, 6.45) is 2.84. The van der Waals surface area contributed by atoms with Crippen molar-refractivity contribution in [2.45, 2.75) is 37.8 Å². The Morgan fingerprint density at radius 1 is 1.06 bits per heavy atom. The maximum absolute atomic E-state index is 13.3. The zero-order valence-corrected chi connectivity index (χ0v) is 17.9. The van der Waals surface area contributed by atoms with Crippen molar-refractivity contribution < 1.29 is 14.4 Å². The molecule has 2 atom stereocenters. The lowest BCUT2D eigenvalue weighted by molar-refractivity contribution is -0.135. The number of nitrogens with zero attached hydrogens (tertiary/aromatic N) is 1. The first kappa shape index (κ1) is 20.2. The molecule has 2 aliphatic rings. The van der Waals surface area contributed by atoms with Crippen molar-refractivity contribution in [1.29, 1.82) is 0 Å². The van der Waals surface area contributed by atoms with Crippen molar-refractivity contribution >= 4 is 28.6 Å². The highest BCUT2D eigenvalue weighted by atomic mass is 16.2. The molecule has 1 saturated heterocycles. The van der Waals surface area contributed by atoms with Gasteiger partial charge in [0, 0.05) is 0 Å². The Morgan fingerprint density at radius 3 is 2.66 bits per heavy atom. The highest BCUT2D eigenvalue weighted by molar-refractivity contribution is 6.09. The minimum Gasteiger partial charge on any atom is -0.348 e. The van der Waals surface area contributed by atoms with E-state index in [1.165, 1.54) is 5.56 Å². The number of amides is 4. The van der Waals surface area contributed by atoms with E-state index >= 15 is 0 Å². The maximum atomic E-state index is 13.3. The van der Waals surface area contributed by atoms with E-state index in [2.05, 4.69) is 16.7 Å². The number of benzene rings is 3. The molecule has 1 heterocycles. The summed E-state index contributed by atoms with van der Waals surface area (Å²) in [7, 11) is 0. The van der Waals surface area contributed by atoms with Crippen molar-refractivity contribution in [1.82, 2.24) is 15.5 Å². The van der Waals surface area contributed by atoms with E-state index in [4.69, 9.17) is 0 Å². The Kier molecular flexibility index (Phi) is 4.93. The van der Waals surface area contributed by atoms with Crippen LogP contribution in [0.2, 0.25) is 0 Å². The predicted octanol–water partition coefficient (Wildman–Crippen LogP) is 3.80. The van der Waals surface area contributed by atoms with Crippen LogP contribution in [0.5, 0.6) is 0 Å². The van der Waals surface area contributed by atoms with Crippen LogP contribution >= 0.6 is 0 Å². The lowest BCUT2D eigenvalue weighted by Gasteiger charge is -2.27. The van der Waals surface area contributed by atoms with E-state index in [-0.39, 0.29) is 18.5 Å². The van der Waals surface area contributed by atoms with Gasteiger partial charge in [-0.1, -0.05) is 60.7 Å². The van der Waals surface area contributed by atoms with Crippen molar-refractivity contribution in [3.05, 3.63) is 83.4 Å². The van der Waals surface area contributed by atoms with Gasteiger partial charge in [0.05, 0.1) is 6.04 Å². The molecule has 0 aromatic heterocycles. The van der Waals surface area contributed by atoms with Gasteiger partial charge in [0.1, 0.15) is 12.1 Å². The van der Waals surface area contributed by atoms with Crippen molar-refractivity contribution in [2.75, 3.05) is 6.54 Å². The summed E-state index contributed by atoms with van der Waals surface area (Å²) < 4.78 is 0. The molecule has 5 rings (SSSR count). The summed E-state index contributed by atoms with van der Waals surface area (Å²) in [6, 6.07) is 21.0. The van der Waals surface area contributed by atoms with Gasteiger partial charge in [-0.2, -0.15) is 0 Å². The summed E-state index contributed by atoms with van der Waals surface area (Å²) in [5, 5.41) is 7.86. The first-order valence-corrected chi connectivity index (χ1v) is 11.0. The molecule has 6 heteroatoms. The molecular formula is C26H25N3O3. The van der Waals surface area contributed by atoms with E-state index in [1.54, 1.807) is 6.92 Å². The van der Waals surface area contributed by atoms with Crippen LogP contribution in [0.3, 0.4) is 0 Å². The topological polar surface area (TPSA) is 78.5 Å². The van der Waals surface area contributed by atoms with Gasteiger partial charge in [-0.25, -0.2) is 4.79 Å². The van der Waals surface area contributed by atoms with Crippen LogP contribution in [0.4, 0.5) is 4.79 Å². The van der Waals surface area contributed by atoms with Crippen LogP contribution < -0.4 is 10.6 Å². The van der Waals surface area contributed by atoms with E-state index in [0.717, 1.165) is 40.5 Å². The minimum absolute atomic E-state index is 0.0971.